The third kappa shape index (κ3) is 3.27. The lowest BCUT2D eigenvalue weighted by Gasteiger charge is -2.30. The normalized spacial score (nSPS) is 15.4. The molecule has 0 unspecified atom stereocenters. The van der Waals surface area contributed by atoms with E-state index in [0.29, 0.717) is 24.8 Å². The quantitative estimate of drug-likeness (QED) is 0.769. The monoisotopic (exact) mass is 353 g/mol. The van der Waals surface area contributed by atoms with Gasteiger partial charge in [0.2, 0.25) is 5.91 Å². The summed E-state index contributed by atoms with van der Waals surface area (Å²) in [5.74, 6) is -0.385. The summed E-state index contributed by atoms with van der Waals surface area (Å²) in [6.45, 7) is 3.22. The summed E-state index contributed by atoms with van der Waals surface area (Å²) in [7, 11) is 0. The van der Waals surface area contributed by atoms with Crippen LogP contribution in [0.1, 0.15) is 18.4 Å². The van der Waals surface area contributed by atoms with E-state index in [9.17, 15) is 9.18 Å². The number of hydrogen-bond acceptors (Lipinski definition) is 4. The van der Waals surface area contributed by atoms with Gasteiger partial charge in [0, 0.05) is 24.7 Å². The Kier molecular flexibility index (Phi) is 4.32. The number of hydrogen-bond donors (Lipinski definition) is 1. The highest BCUT2D eigenvalue weighted by Gasteiger charge is 2.27. The molecule has 0 spiro atoms. The van der Waals surface area contributed by atoms with Gasteiger partial charge in [-0.05, 0) is 55.7 Å². The second-order valence-electron chi connectivity index (χ2n) is 6.67. The van der Waals surface area contributed by atoms with Crippen molar-refractivity contribution in [2.24, 2.45) is 5.92 Å². The number of carbonyl (C=O) groups excluding carboxylic acids is 1. The van der Waals surface area contributed by atoms with E-state index in [-0.39, 0.29) is 17.6 Å². The summed E-state index contributed by atoms with van der Waals surface area (Å²) in [6, 6.07) is 12.7. The molecule has 26 heavy (non-hydrogen) atoms. The van der Waals surface area contributed by atoms with Crippen LogP contribution < -0.4 is 10.2 Å². The molecular formula is C20H20FN3O2. The molecule has 0 radical (unpaired) electrons. The molecule has 1 saturated heterocycles. The van der Waals surface area contributed by atoms with Crippen LogP contribution >= 0.6 is 0 Å². The first-order chi connectivity index (χ1) is 12.6. The maximum atomic E-state index is 13.2. The Bertz CT molecular complexity index is 912. The van der Waals surface area contributed by atoms with E-state index in [0.717, 1.165) is 29.5 Å². The van der Waals surface area contributed by atoms with Crippen molar-refractivity contribution >= 4 is 28.7 Å². The zero-order chi connectivity index (χ0) is 18.1. The lowest BCUT2D eigenvalue weighted by Crippen LogP contribution is -2.38. The van der Waals surface area contributed by atoms with Gasteiger partial charge >= 0.3 is 0 Å². The van der Waals surface area contributed by atoms with E-state index in [1.807, 2.05) is 24.3 Å². The predicted molar refractivity (Wildman–Crippen MR) is 98.7 cm³/mol. The van der Waals surface area contributed by atoms with E-state index in [4.69, 9.17) is 4.42 Å². The number of nitrogens with zero attached hydrogens (tertiary/aromatic N) is 2. The molecule has 2 heterocycles. The van der Waals surface area contributed by atoms with Crippen LogP contribution in [0.5, 0.6) is 0 Å². The van der Waals surface area contributed by atoms with Crippen LogP contribution in [-0.4, -0.2) is 24.0 Å². The molecule has 6 heteroatoms. The molecule has 1 aliphatic rings. The summed E-state index contributed by atoms with van der Waals surface area (Å²) in [5.41, 5.74) is 3.00. The smallest absolute Gasteiger partial charge is 0.298 e. The molecular weight excluding hydrogens is 333 g/mol. The fraction of sp³-hybridized carbons (Fsp3) is 0.300. The molecule has 3 aromatic rings. The van der Waals surface area contributed by atoms with Crippen molar-refractivity contribution in [1.82, 2.24) is 4.98 Å². The Morgan fingerprint density at radius 1 is 1.23 bits per heavy atom. The summed E-state index contributed by atoms with van der Waals surface area (Å²) in [5, 5.41) is 2.92. The van der Waals surface area contributed by atoms with E-state index >= 15 is 0 Å². The van der Waals surface area contributed by atoms with Crippen molar-refractivity contribution < 1.29 is 13.6 Å². The molecule has 0 saturated carbocycles. The lowest BCUT2D eigenvalue weighted by molar-refractivity contribution is -0.120. The summed E-state index contributed by atoms with van der Waals surface area (Å²) < 4.78 is 19.0. The number of nitrogens with one attached hydrogen (secondary N) is 1. The van der Waals surface area contributed by atoms with Gasteiger partial charge in [0.15, 0.2) is 5.58 Å². The molecule has 1 aromatic heterocycles. The van der Waals surface area contributed by atoms with E-state index in [2.05, 4.69) is 15.2 Å². The number of fused-ring (bicyclic) bond motifs is 1. The standard InChI is InChI=1S/C20H20FN3O2/c1-13-12-15(21)6-7-16(13)22-19(25)14-8-10-24(11-9-14)20-23-17-4-2-3-5-18(17)26-20/h2-7,12,14H,8-11H2,1H3,(H,22,25). The van der Waals surface area contributed by atoms with Gasteiger partial charge in [0.25, 0.3) is 6.01 Å². The van der Waals surface area contributed by atoms with Crippen molar-refractivity contribution in [2.45, 2.75) is 19.8 Å². The second kappa shape index (κ2) is 6.78. The number of aromatic nitrogens is 1. The third-order valence-electron chi connectivity index (χ3n) is 4.87. The number of aryl methyl sites for hydroxylation is 1. The van der Waals surface area contributed by atoms with Gasteiger partial charge in [-0.1, -0.05) is 12.1 Å². The number of oxazole rings is 1. The molecule has 1 amide bonds. The number of benzene rings is 2. The van der Waals surface area contributed by atoms with Gasteiger partial charge < -0.3 is 14.6 Å². The van der Waals surface area contributed by atoms with Crippen molar-refractivity contribution in [3.63, 3.8) is 0 Å². The van der Waals surface area contributed by atoms with E-state index in [1.165, 1.54) is 12.1 Å². The molecule has 0 atom stereocenters. The van der Waals surface area contributed by atoms with Crippen molar-refractivity contribution in [2.75, 3.05) is 23.3 Å². The minimum Gasteiger partial charge on any atom is -0.423 e. The fourth-order valence-electron chi connectivity index (χ4n) is 3.33. The fourth-order valence-corrected chi connectivity index (χ4v) is 3.33. The second-order valence-corrected chi connectivity index (χ2v) is 6.67. The molecule has 1 aliphatic heterocycles. The zero-order valence-electron chi connectivity index (χ0n) is 14.5. The maximum Gasteiger partial charge on any atom is 0.298 e. The molecule has 0 aliphatic carbocycles. The largest absolute Gasteiger partial charge is 0.423 e. The van der Waals surface area contributed by atoms with Crippen molar-refractivity contribution in [3.05, 3.63) is 53.8 Å². The first-order valence-corrected chi connectivity index (χ1v) is 8.78. The first-order valence-electron chi connectivity index (χ1n) is 8.78. The number of piperidine rings is 1. The number of para-hydroxylation sites is 2. The van der Waals surface area contributed by atoms with E-state index in [1.54, 1.807) is 13.0 Å². The van der Waals surface area contributed by atoms with Gasteiger partial charge in [-0.15, -0.1) is 0 Å². The highest BCUT2D eigenvalue weighted by atomic mass is 19.1. The van der Waals surface area contributed by atoms with Crippen LogP contribution in [0.2, 0.25) is 0 Å². The van der Waals surface area contributed by atoms with Gasteiger partial charge in [-0.2, -0.15) is 4.98 Å². The number of carbonyl (C=O) groups is 1. The van der Waals surface area contributed by atoms with Gasteiger partial charge in [0.1, 0.15) is 11.3 Å². The Balaban J connectivity index is 1.39. The Labute approximate surface area is 150 Å². The first kappa shape index (κ1) is 16.6. The van der Waals surface area contributed by atoms with Gasteiger partial charge in [0.05, 0.1) is 0 Å². The number of anilines is 2. The summed E-state index contributed by atoms with van der Waals surface area (Å²) >= 11 is 0. The molecule has 1 fully saturated rings. The van der Waals surface area contributed by atoms with Gasteiger partial charge in [-0.25, -0.2) is 4.39 Å². The Morgan fingerprint density at radius 2 is 2.00 bits per heavy atom. The van der Waals surface area contributed by atoms with Crippen LogP contribution in [0.25, 0.3) is 11.1 Å². The number of halogens is 1. The highest BCUT2D eigenvalue weighted by Crippen LogP contribution is 2.27. The van der Waals surface area contributed by atoms with Crippen molar-refractivity contribution in [1.29, 1.82) is 0 Å². The maximum absolute atomic E-state index is 13.2. The molecule has 2 aromatic carbocycles. The Hall–Kier alpha value is -2.89. The summed E-state index contributed by atoms with van der Waals surface area (Å²) in [4.78, 5) is 19.1. The average molecular weight is 353 g/mol. The average Bonchev–Trinajstić information content (AvgIpc) is 3.08. The van der Waals surface area contributed by atoms with Crippen LogP contribution in [0.3, 0.4) is 0 Å². The van der Waals surface area contributed by atoms with Crippen molar-refractivity contribution in [3.8, 4) is 0 Å². The minimum atomic E-state index is -0.299. The topological polar surface area (TPSA) is 58.4 Å². The van der Waals surface area contributed by atoms with Crippen LogP contribution in [0.15, 0.2) is 46.9 Å². The van der Waals surface area contributed by atoms with Crippen LogP contribution in [-0.2, 0) is 4.79 Å². The lowest BCUT2D eigenvalue weighted by atomic mass is 9.96. The van der Waals surface area contributed by atoms with Crippen LogP contribution in [0.4, 0.5) is 16.1 Å². The number of amides is 1. The molecule has 0 bridgehead atoms. The molecule has 5 nitrogen and oxygen atoms in total. The number of rotatable bonds is 3. The zero-order valence-corrected chi connectivity index (χ0v) is 14.5. The molecule has 4 rings (SSSR count). The Morgan fingerprint density at radius 3 is 2.73 bits per heavy atom. The SMILES string of the molecule is Cc1cc(F)ccc1NC(=O)C1CCN(c2nc3ccccc3o2)CC1. The molecule has 1 N–H and O–H groups in total. The molecule has 134 valence electrons. The van der Waals surface area contributed by atoms with Crippen LogP contribution in [0, 0.1) is 18.7 Å². The highest BCUT2D eigenvalue weighted by molar-refractivity contribution is 5.93. The predicted octanol–water partition coefficient (Wildman–Crippen LogP) is 4.13. The summed E-state index contributed by atoms with van der Waals surface area (Å²) in [6.07, 6.45) is 1.45. The third-order valence-corrected chi connectivity index (χ3v) is 4.87. The van der Waals surface area contributed by atoms with E-state index < -0.39 is 0 Å². The minimum absolute atomic E-state index is 0.0167. The van der Waals surface area contributed by atoms with Gasteiger partial charge in [-0.3, -0.25) is 4.79 Å².